The summed E-state index contributed by atoms with van der Waals surface area (Å²) in [5.74, 6) is 0.915. The molecule has 0 saturated carbocycles. The van der Waals surface area contributed by atoms with Crippen LogP contribution in [-0.4, -0.2) is 16.6 Å². The molecule has 0 radical (unpaired) electrons. The highest BCUT2D eigenvalue weighted by Crippen LogP contribution is 2.33. The van der Waals surface area contributed by atoms with Gasteiger partial charge < -0.3 is 10.1 Å². The van der Waals surface area contributed by atoms with E-state index in [4.69, 9.17) is 4.74 Å². The molecule has 0 fully saturated rings. The van der Waals surface area contributed by atoms with Gasteiger partial charge in [-0.3, -0.25) is 0 Å². The fourth-order valence-electron chi connectivity index (χ4n) is 1.99. The number of nitrogens with zero attached hydrogens (tertiary/aromatic N) is 2. The average Bonchev–Trinajstić information content (AvgIpc) is 2.83. The number of nitrogens with one attached hydrogen (secondary N) is 1. The fraction of sp³-hybridized carbons (Fsp3) is 0.467. The summed E-state index contributed by atoms with van der Waals surface area (Å²) < 4.78 is 9.91. The zero-order chi connectivity index (χ0) is 14.8. The van der Waals surface area contributed by atoms with Gasteiger partial charge in [0.2, 0.25) is 0 Å². The number of ether oxygens (including phenoxy) is 1. The Labute approximate surface area is 124 Å². The molecule has 20 heavy (non-hydrogen) atoms. The van der Waals surface area contributed by atoms with E-state index in [1.165, 1.54) is 22.7 Å². The van der Waals surface area contributed by atoms with Crippen LogP contribution in [0.25, 0.3) is 0 Å². The third-order valence-corrected chi connectivity index (χ3v) is 3.88. The van der Waals surface area contributed by atoms with E-state index in [-0.39, 0.29) is 5.41 Å². The molecule has 0 aliphatic heterocycles. The van der Waals surface area contributed by atoms with Crippen molar-refractivity contribution in [3.05, 3.63) is 35.0 Å². The molecule has 1 aromatic carbocycles. The molecule has 0 saturated heterocycles. The minimum Gasteiger partial charge on any atom is -0.487 e. The number of benzene rings is 1. The minimum atomic E-state index is 0.0491. The second-order valence-electron chi connectivity index (χ2n) is 5.84. The molecule has 4 nitrogen and oxygen atoms in total. The van der Waals surface area contributed by atoms with Crippen molar-refractivity contribution in [1.29, 1.82) is 0 Å². The predicted octanol–water partition coefficient (Wildman–Crippen LogP) is 3.76. The van der Waals surface area contributed by atoms with E-state index in [2.05, 4.69) is 54.7 Å². The first-order chi connectivity index (χ1) is 9.41. The summed E-state index contributed by atoms with van der Waals surface area (Å²) in [5.41, 5.74) is 3.35. The Bertz CT molecular complexity index is 587. The van der Waals surface area contributed by atoms with Crippen LogP contribution in [0.15, 0.2) is 18.2 Å². The Morgan fingerprint density at radius 1 is 1.30 bits per heavy atom. The lowest BCUT2D eigenvalue weighted by Crippen LogP contribution is -2.14. The van der Waals surface area contributed by atoms with Crippen LogP contribution < -0.4 is 10.1 Å². The summed E-state index contributed by atoms with van der Waals surface area (Å²) in [6.07, 6.45) is 0. The number of hydrogen-bond donors (Lipinski definition) is 1. The van der Waals surface area contributed by atoms with Crippen LogP contribution in [0.1, 0.15) is 37.6 Å². The van der Waals surface area contributed by atoms with Crippen molar-refractivity contribution in [2.24, 2.45) is 0 Å². The van der Waals surface area contributed by atoms with Crippen LogP contribution in [0.3, 0.4) is 0 Å². The molecular weight excluding hydrogens is 270 g/mol. The molecule has 0 spiro atoms. The number of rotatable bonds is 4. The number of anilines is 1. The maximum Gasteiger partial charge on any atom is 0.136 e. The Hall–Kier alpha value is -1.62. The average molecular weight is 291 g/mol. The molecule has 0 aliphatic carbocycles. The minimum absolute atomic E-state index is 0.0491. The van der Waals surface area contributed by atoms with Crippen LogP contribution >= 0.6 is 11.5 Å². The van der Waals surface area contributed by atoms with E-state index in [1.807, 2.05) is 13.1 Å². The summed E-state index contributed by atoms with van der Waals surface area (Å²) in [7, 11) is 1.87. The lowest BCUT2D eigenvalue weighted by molar-refractivity contribution is 0.293. The predicted molar refractivity (Wildman–Crippen MR) is 83.7 cm³/mol. The first-order valence-electron chi connectivity index (χ1n) is 6.64. The van der Waals surface area contributed by atoms with Gasteiger partial charge in [-0.2, -0.15) is 0 Å². The van der Waals surface area contributed by atoms with Crippen molar-refractivity contribution in [2.45, 2.75) is 39.7 Å². The van der Waals surface area contributed by atoms with Crippen molar-refractivity contribution >= 4 is 16.5 Å². The smallest absolute Gasteiger partial charge is 0.136 e. The molecule has 2 rings (SSSR count). The standard InChI is InChI=1S/C15H21N3OS/c1-10-6-7-13(11(8-10)15(2,3)4)19-9-12-14(16-5)20-18-17-12/h6-8,16H,9H2,1-5H3. The molecule has 1 aromatic heterocycles. The first-order valence-corrected chi connectivity index (χ1v) is 7.42. The van der Waals surface area contributed by atoms with E-state index >= 15 is 0 Å². The molecule has 0 bridgehead atoms. The van der Waals surface area contributed by atoms with Gasteiger partial charge in [0, 0.05) is 18.6 Å². The van der Waals surface area contributed by atoms with Gasteiger partial charge in [0.25, 0.3) is 0 Å². The van der Waals surface area contributed by atoms with Gasteiger partial charge in [0.1, 0.15) is 23.1 Å². The molecule has 1 N–H and O–H groups in total. The van der Waals surface area contributed by atoms with Gasteiger partial charge in [-0.05, 0) is 24.0 Å². The van der Waals surface area contributed by atoms with Crippen LogP contribution in [0.4, 0.5) is 5.00 Å². The van der Waals surface area contributed by atoms with Crippen molar-refractivity contribution in [1.82, 2.24) is 9.59 Å². The Morgan fingerprint density at radius 3 is 2.70 bits per heavy atom. The molecule has 0 amide bonds. The molecule has 1 heterocycles. The SMILES string of the molecule is CNc1snnc1COc1ccc(C)cc1C(C)(C)C. The van der Waals surface area contributed by atoms with Gasteiger partial charge in [0.05, 0.1) is 0 Å². The first kappa shape index (κ1) is 14.8. The summed E-state index contributed by atoms with van der Waals surface area (Å²) >= 11 is 1.34. The number of aryl methyl sites for hydroxylation is 1. The maximum atomic E-state index is 5.97. The highest BCUT2D eigenvalue weighted by molar-refractivity contribution is 7.10. The lowest BCUT2D eigenvalue weighted by atomic mass is 9.85. The van der Waals surface area contributed by atoms with E-state index in [9.17, 15) is 0 Å². The fourth-order valence-corrected chi connectivity index (χ4v) is 2.51. The topological polar surface area (TPSA) is 47.0 Å². The summed E-state index contributed by atoms with van der Waals surface area (Å²) in [6.45, 7) is 9.11. The van der Waals surface area contributed by atoms with Crippen molar-refractivity contribution in [2.75, 3.05) is 12.4 Å². The monoisotopic (exact) mass is 291 g/mol. The van der Waals surface area contributed by atoms with Gasteiger partial charge in [-0.1, -0.05) is 43.0 Å². The van der Waals surface area contributed by atoms with Gasteiger partial charge in [0.15, 0.2) is 0 Å². The molecule has 0 atom stereocenters. The van der Waals surface area contributed by atoms with Crippen LogP contribution in [0, 0.1) is 6.92 Å². The Kier molecular flexibility index (Phi) is 4.28. The van der Waals surface area contributed by atoms with Gasteiger partial charge in [-0.25, -0.2) is 0 Å². The van der Waals surface area contributed by atoms with E-state index in [0.29, 0.717) is 6.61 Å². The maximum absolute atomic E-state index is 5.97. The van der Waals surface area contributed by atoms with E-state index < -0.39 is 0 Å². The van der Waals surface area contributed by atoms with Crippen LogP contribution in [-0.2, 0) is 12.0 Å². The molecule has 2 aromatic rings. The highest BCUT2D eigenvalue weighted by Gasteiger charge is 2.19. The van der Waals surface area contributed by atoms with Gasteiger partial charge in [-0.15, -0.1) is 5.10 Å². The quantitative estimate of drug-likeness (QED) is 0.931. The molecular formula is C15H21N3OS. The highest BCUT2D eigenvalue weighted by atomic mass is 32.1. The van der Waals surface area contributed by atoms with Crippen LogP contribution in [0.2, 0.25) is 0 Å². The third kappa shape index (κ3) is 3.28. The molecule has 108 valence electrons. The largest absolute Gasteiger partial charge is 0.487 e. The van der Waals surface area contributed by atoms with Crippen molar-refractivity contribution in [3.8, 4) is 5.75 Å². The summed E-state index contributed by atoms with van der Waals surface area (Å²) in [4.78, 5) is 0. The van der Waals surface area contributed by atoms with Gasteiger partial charge >= 0.3 is 0 Å². The molecule has 5 heteroatoms. The van der Waals surface area contributed by atoms with Crippen LogP contribution in [0.5, 0.6) is 5.75 Å². The van der Waals surface area contributed by atoms with Crippen molar-refractivity contribution in [3.63, 3.8) is 0 Å². The zero-order valence-corrected chi connectivity index (χ0v) is 13.5. The Balaban J connectivity index is 2.22. The Morgan fingerprint density at radius 2 is 2.05 bits per heavy atom. The second-order valence-corrected chi connectivity index (χ2v) is 6.59. The normalized spacial score (nSPS) is 11.4. The number of aromatic nitrogens is 2. The number of hydrogen-bond acceptors (Lipinski definition) is 5. The van der Waals surface area contributed by atoms with E-state index in [1.54, 1.807) is 0 Å². The summed E-state index contributed by atoms with van der Waals surface area (Å²) in [5, 5.41) is 8.12. The summed E-state index contributed by atoms with van der Waals surface area (Å²) in [6, 6.07) is 6.30. The lowest BCUT2D eigenvalue weighted by Gasteiger charge is -2.23. The molecule has 0 aliphatic rings. The molecule has 0 unspecified atom stereocenters. The van der Waals surface area contributed by atoms with Crippen molar-refractivity contribution < 1.29 is 4.74 Å². The third-order valence-electron chi connectivity index (χ3n) is 3.09. The zero-order valence-electron chi connectivity index (χ0n) is 12.7. The van der Waals surface area contributed by atoms with E-state index in [0.717, 1.165) is 16.4 Å². The second kappa shape index (κ2) is 5.79.